The lowest BCUT2D eigenvalue weighted by molar-refractivity contribution is -0.124. The fourth-order valence-corrected chi connectivity index (χ4v) is 1.97. The molecule has 1 rings (SSSR count). The monoisotopic (exact) mass is 264 g/mol. The number of carbonyl (C=O) groups is 1. The molecule has 0 unspecified atom stereocenters. The lowest BCUT2D eigenvalue weighted by Gasteiger charge is -2.26. The molecule has 1 amide bonds. The summed E-state index contributed by atoms with van der Waals surface area (Å²) in [6.07, 6.45) is 2.75. The molecule has 5 heteroatoms. The van der Waals surface area contributed by atoms with E-state index in [1.54, 1.807) is 0 Å². The topological polar surface area (TPSA) is 50.4 Å². The van der Waals surface area contributed by atoms with Gasteiger partial charge >= 0.3 is 0 Å². The first kappa shape index (κ1) is 16.7. The molecule has 17 heavy (non-hydrogen) atoms. The molecule has 0 aromatic heterocycles. The molecule has 1 atom stereocenters. The Labute approximate surface area is 110 Å². The van der Waals surface area contributed by atoms with Crippen LogP contribution in [0.5, 0.6) is 0 Å². The lowest BCUT2D eigenvalue weighted by atomic mass is 10.0. The molecule has 2 N–H and O–H groups in total. The first-order chi connectivity index (χ1) is 7.63. The van der Waals surface area contributed by atoms with Gasteiger partial charge < -0.3 is 15.4 Å². The molecule has 4 nitrogen and oxygen atoms in total. The maximum Gasteiger partial charge on any atom is 0.237 e. The summed E-state index contributed by atoms with van der Waals surface area (Å²) in [5.41, 5.74) is 0. The fraction of sp³-hybridized carbons (Fsp3) is 0.917. The molecular weight excluding hydrogens is 240 g/mol. The summed E-state index contributed by atoms with van der Waals surface area (Å²) in [5, 5.41) is 6.17. The van der Waals surface area contributed by atoms with E-state index in [0.717, 1.165) is 32.5 Å². The Hall–Kier alpha value is -0.320. The van der Waals surface area contributed by atoms with Gasteiger partial charge in [0.15, 0.2) is 0 Å². The van der Waals surface area contributed by atoms with Crippen molar-refractivity contribution in [3.63, 3.8) is 0 Å². The maximum atomic E-state index is 12.0. The number of ether oxygens (including phenoxy) is 1. The molecule has 1 fully saturated rings. The second-order valence-corrected chi connectivity index (χ2v) is 4.87. The first-order valence-electron chi connectivity index (χ1n) is 6.19. The molecular formula is C12H25ClN2O2. The minimum atomic E-state index is -0.0668. The molecule has 0 aromatic rings. The van der Waals surface area contributed by atoms with E-state index in [4.69, 9.17) is 4.74 Å². The van der Waals surface area contributed by atoms with Crippen LogP contribution in [-0.2, 0) is 9.53 Å². The minimum Gasteiger partial charge on any atom is -0.381 e. The van der Waals surface area contributed by atoms with E-state index in [0.29, 0.717) is 12.0 Å². The van der Waals surface area contributed by atoms with Crippen LogP contribution in [0.2, 0.25) is 0 Å². The van der Waals surface area contributed by atoms with Crippen molar-refractivity contribution in [2.75, 3.05) is 20.3 Å². The van der Waals surface area contributed by atoms with Crippen LogP contribution >= 0.6 is 12.4 Å². The molecule has 0 bridgehead atoms. The summed E-state index contributed by atoms with van der Waals surface area (Å²) in [6, 6.07) is 0.229. The third kappa shape index (κ3) is 6.24. The molecule has 0 spiro atoms. The molecule has 102 valence electrons. The highest BCUT2D eigenvalue weighted by Gasteiger charge is 2.22. The van der Waals surface area contributed by atoms with Crippen molar-refractivity contribution in [1.29, 1.82) is 0 Å². The highest BCUT2D eigenvalue weighted by atomic mass is 35.5. The van der Waals surface area contributed by atoms with Crippen LogP contribution < -0.4 is 10.6 Å². The molecule has 0 aliphatic carbocycles. The molecule has 1 saturated heterocycles. The van der Waals surface area contributed by atoms with Gasteiger partial charge in [-0.3, -0.25) is 4.79 Å². The van der Waals surface area contributed by atoms with Crippen LogP contribution in [0.1, 0.15) is 33.1 Å². The number of hydrogen-bond acceptors (Lipinski definition) is 3. The number of nitrogens with one attached hydrogen (secondary N) is 2. The van der Waals surface area contributed by atoms with Crippen molar-refractivity contribution < 1.29 is 9.53 Å². The Balaban J connectivity index is 0.00000256. The SMILES string of the molecule is CN[C@@H](CC(C)C)C(=O)NC1CCOCC1.Cl. The zero-order chi connectivity index (χ0) is 12.0. The maximum absolute atomic E-state index is 12.0. The number of rotatable bonds is 5. The number of likely N-dealkylation sites (N-methyl/N-ethyl adjacent to an activating group) is 1. The highest BCUT2D eigenvalue weighted by molar-refractivity contribution is 5.85. The normalized spacial score (nSPS) is 18.6. The van der Waals surface area contributed by atoms with E-state index >= 15 is 0 Å². The standard InChI is InChI=1S/C12H24N2O2.ClH/c1-9(2)8-11(13-3)12(15)14-10-4-6-16-7-5-10;/h9-11,13H,4-8H2,1-3H3,(H,14,15);1H/t11-;/m0./s1. The molecule has 0 saturated carbocycles. The van der Waals surface area contributed by atoms with Crippen molar-refractivity contribution in [3.8, 4) is 0 Å². The molecule has 0 aromatic carbocycles. The van der Waals surface area contributed by atoms with Crippen molar-refractivity contribution in [3.05, 3.63) is 0 Å². The third-order valence-electron chi connectivity index (χ3n) is 2.94. The second-order valence-electron chi connectivity index (χ2n) is 4.87. The van der Waals surface area contributed by atoms with Gasteiger partial charge in [0.05, 0.1) is 6.04 Å². The van der Waals surface area contributed by atoms with Gasteiger partial charge in [0.1, 0.15) is 0 Å². The van der Waals surface area contributed by atoms with Gasteiger partial charge in [-0.05, 0) is 32.2 Å². The zero-order valence-electron chi connectivity index (χ0n) is 11.0. The Morgan fingerprint density at radius 2 is 1.94 bits per heavy atom. The predicted molar refractivity (Wildman–Crippen MR) is 71.5 cm³/mol. The second kappa shape index (κ2) is 8.72. The fourth-order valence-electron chi connectivity index (χ4n) is 1.97. The van der Waals surface area contributed by atoms with Crippen molar-refractivity contribution >= 4 is 18.3 Å². The van der Waals surface area contributed by atoms with E-state index < -0.39 is 0 Å². The van der Waals surface area contributed by atoms with Crippen LogP contribution in [-0.4, -0.2) is 38.3 Å². The van der Waals surface area contributed by atoms with E-state index in [1.807, 2.05) is 7.05 Å². The summed E-state index contributed by atoms with van der Waals surface area (Å²) in [4.78, 5) is 12.0. The van der Waals surface area contributed by atoms with Gasteiger partial charge in [0.25, 0.3) is 0 Å². The van der Waals surface area contributed by atoms with E-state index in [1.165, 1.54) is 0 Å². The van der Waals surface area contributed by atoms with Gasteiger partial charge in [-0.15, -0.1) is 12.4 Å². The van der Waals surface area contributed by atoms with Gasteiger partial charge in [0, 0.05) is 19.3 Å². The lowest BCUT2D eigenvalue weighted by Crippen LogP contribution is -2.48. The zero-order valence-corrected chi connectivity index (χ0v) is 11.8. The summed E-state index contributed by atoms with van der Waals surface area (Å²) < 4.78 is 5.27. The van der Waals surface area contributed by atoms with Crippen LogP contribution in [0.25, 0.3) is 0 Å². The average Bonchev–Trinajstić information content (AvgIpc) is 2.26. The van der Waals surface area contributed by atoms with Gasteiger partial charge in [-0.25, -0.2) is 0 Å². The van der Waals surface area contributed by atoms with Gasteiger partial charge in [0.2, 0.25) is 5.91 Å². The minimum absolute atomic E-state index is 0. The van der Waals surface area contributed by atoms with Crippen molar-refractivity contribution in [2.24, 2.45) is 5.92 Å². The summed E-state index contributed by atoms with van der Waals surface area (Å²) in [6.45, 7) is 5.79. The predicted octanol–water partition coefficient (Wildman–Crippen LogP) is 1.34. The highest BCUT2D eigenvalue weighted by Crippen LogP contribution is 2.09. The molecule has 0 radical (unpaired) electrons. The van der Waals surface area contributed by atoms with E-state index in [-0.39, 0.29) is 24.4 Å². The summed E-state index contributed by atoms with van der Waals surface area (Å²) in [7, 11) is 1.84. The number of hydrogen-bond donors (Lipinski definition) is 2. The Morgan fingerprint density at radius 1 is 1.35 bits per heavy atom. The Bertz CT molecular complexity index is 219. The van der Waals surface area contributed by atoms with Crippen LogP contribution in [0.15, 0.2) is 0 Å². The van der Waals surface area contributed by atoms with Gasteiger partial charge in [-0.2, -0.15) is 0 Å². The Kier molecular flexibility index (Phi) is 8.56. The number of amides is 1. The third-order valence-corrected chi connectivity index (χ3v) is 2.94. The quantitative estimate of drug-likeness (QED) is 0.788. The number of carbonyl (C=O) groups excluding carboxylic acids is 1. The average molecular weight is 265 g/mol. The molecule has 1 heterocycles. The van der Waals surface area contributed by atoms with Crippen molar-refractivity contribution in [1.82, 2.24) is 10.6 Å². The van der Waals surface area contributed by atoms with Gasteiger partial charge in [-0.1, -0.05) is 13.8 Å². The van der Waals surface area contributed by atoms with Crippen LogP contribution in [0, 0.1) is 5.92 Å². The van der Waals surface area contributed by atoms with Crippen LogP contribution in [0.4, 0.5) is 0 Å². The summed E-state index contributed by atoms with van der Waals surface area (Å²) >= 11 is 0. The summed E-state index contributed by atoms with van der Waals surface area (Å²) in [5.74, 6) is 0.654. The van der Waals surface area contributed by atoms with E-state index in [9.17, 15) is 4.79 Å². The molecule has 1 aliphatic heterocycles. The van der Waals surface area contributed by atoms with E-state index in [2.05, 4.69) is 24.5 Å². The Morgan fingerprint density at radius 3 is 2.41 bits per heavy atom. The first-order valence-corrected chi connectivity index (χ1v) is 6.19. The largest absolute Gasteiger partial charge is 0.381 e. The van der Waals surface area contributed by atoms with Crippen molar-refractivity contribution in [2.45, 2.75) is 45.2 Å². The number of halogens is 1. The smallest absolute Gasteiger partial charge is 0.237 e. The van der Waals surface area contributed by atoms with Crippen LogP contribution in [0.3, 0.4) is 0 Å². The molecule has 1 aliphatic rings.